The van der Waals surface area contributed by atoms with Gasteiger partial charge in [-0.2, -0.15) is 0 Å². The van der Waals surface area contributed by atoms with Crippen LogP contribution in [0.25, 0.3) is 6.08 Å². The first kappa shape index (κ1) is 17.6. The highest BCUT2D eigenvalue weighted by atomic mass is 16.5. The summed E-state index contributed by atoms with van der Waals surface area (Å²) in [6, 6.07) is 7.65. The summed E-state index contributed by atoms with van der Waals surface area (Å²) in [6.45, 7) is 6.31. The molecule has 1 saturated heterocycles. The van der Waals surface area contributed by atoms with E-state index in [0.717, 1.165) is 44.0 Å². The molecule has 1 N–H and O–H groups in total. The molecule has 0 bridgehead atoms. The Kier molecular flexibility index (Phi) is 5.83. The van der Waals surface area contributed by atoms with Gasteiger partial charge in [0.25, 0.3) is 0 Å². The molecule has 1 aromatic carbocycles. The third-order valence-corrected chi connectivity index (χ3v) is 4.70. The fraction of sp³-hybridized carbons (Fsp3) is 0.474. The number of nitrogens with zero attached hydrogens (tertiary/aromatic N) is 2. The first-order valence-electron chi connectivity index (χ1n) is 8.78. The van der Waals surface area contributed by atoms with Crippen molar-refractivity contribution < 1.29 is 14.3 Å². The van der Waals surface area contributed by atoms with Crippen LogP contribution >= 0.6 is 0 Å². The third-order valence-electron chi connectivity index (χ3n) is 4.70. The molecule has 0 unspecified atom stereocenters. The van der Waals surface area contributed by atoms with E-state index in [9.17, 15) is 9.59 Å². The van der Waals surface area contributed by atoms with Gasteiger partial charge in [-0.3, -0.25) is 14.5 Å². The standard InChI is InChI=1S/C19H25N3O3/c1-15(23)22-8-6-16-4-2-3-5-17(16)18(22)14-19(24)20-7-9-21-10-12-25-13-11-21/h2-6,8,18H,7,9-14H2,1H3,(H,20,24)/t18-/m1/s1. The number of nitrogens with one attached hydrogen (secondary N) is 1. The summed E-state index contributed by atoms with van der Waals surface area (Å²) in [5, 5.41) is 2.98. The lowest BCUT2D eigenvalue weighted by Gasteiger charge is -2.32. The number of morpholine rings is 1. The summed E-state index contributed by atoms with van der Waals surface area (Å²) >= 11 is 0. The topological polar surface area (TPSA) is 61.9 Å². The van der Waals surface area contributed by atoms with E-state index in [2.05, 4.69) is 10.2 Å². The van der Waals surface area contributed by atoms with E-state index >= 15 is 0 Å². The van der Waals surface area contributed by atoms with Crippen molar-refractivity contribution in [2.45, 2.75) is 19.4 Å². The zero-order valence-corrected chi connectivity index (χ0v) is 14.6. The van der Waals surface area contributed by atoms with Crippen LogP contribution in [0.3, 0.4) is 0 Å². The molecule has 0 radical (unpaired) electrons. The molecule has 1 aromatic rings. The Hall–Kier alpha value is -2.18. The zero-order chi connectivity index (χ0) is 17.6. The Morgan fingerprint density at radius 3 is 2.76 bits per heavy atom. The van der Waals surface area contributed by atoms with Crippen LogP contribution in [0.5, 0.6) is 0 Å². The number of benzene rings is 1. The second-order valence-electron chi connectivity index (χ2n) is 6.39. The number of rotatable bonds is 5. The van der Waals surface area contributed by atoms with Crippen molar-refractivity contribution in [2.24, 2.45) is 0 Å². The number of hydrogen-bond acceptors (Lipinski definition) is 4. The molecule has 0 aromatic heterocycles. The van der Waals surface area contributed by atoms with Crippen molar-refractivity contribution in [3.63, 3.8) is 0 Å². The largest absolute Gasteiger partial charge is 0.379 e. The summed E-state index contributed by atoms with van der Waals surface area (Å²) in [5.74, 6) is -0.0912. The van der Waals surface area contributed by atoms with Crippen LogP contribution in [0.2, 0.25) is 0 Å². The Morgan fingerprint density at radius 2 is 2.00 bits per heavy atom. The summed E-state index contributed by atoms with van der Waals surface area (Å²) in [7, 11) is 0. The van der Waals surface area contributed by atoms with Crippen molar-refractivity contribution >= 4 is 17.9 Å². The van der Waals surface area contributed by atoms with Gasteiger partial charge < -0.3 is 15.0 Å². The van der Waals surface area contributed by atoms with Crippen molar-refractivity contribution in [3.8, 4) is 0 Å². The van der Waals surface area contributed by atoms with E-state index < -0.39 is 0 Å². The molecule has 1 atom stereocenters. The van der Waals surface area contributed by atoms with Gasteiger partial charge in [-0.05, 0) is 17.2 Å². The molecule has 2 heterocycles. The molecular weight excluding hydrogens is 318 g/mol. The van der Waals surface area contributed by atoms with E-state index in [-0.39, 0.29) is 24.3 Å². The number of fused-ring (bicyclic) bond motifs is 1. The summed E-state index contributed by atoms with van der Waals surface area (Å²) in [6.07, 6.45) is 3.96. The number of carbonyl (C=O) groups excluding carboxylic acids is 2. The van der Waals surface area contributed by atoms with E-state index in [4.69, 9.17) is 4.74 Å². The van der Waals surface area contributed by atoms with Crippen molar-refractivity contribution in [2.75, 3.05) is 39.4 Å². The summed E-state index contributed by atoms with van der Waals surface area (Å²) in [5.41, 5.74) is 2.08. The van der Waals surface area contributed by atoms with Gasteiger partial charge in [0.05, 0.1) is 25.7 Å². The number of amides is 2. The van der Waals surface area contributed by atoms with Crippen LogP contribution in [0.4, 0.5) is 0 Å². The monoisotopic (exact) mass is 343 g/mol. The van der Waals surface area contributed by atoms with Crippen LogP contribution in [-0.4, -0.2) is 61.0 Å². The quantitative estimate of drug-likeness (QED) is 0.878. The summed E-state index contributed by atoms with van der Waals surface area (Å²) < 4.78 is 5.32. The fourth-order valence-corrected chi connectivity index (χ4v) is 3.34. The van der Waals surface area contributed by atoms with Crippen LogP contribution in [0.1, 0.15) is 30.5 Å². The normalized spacial score (nSPS) is 20.2. The average molecular weight is 343 g/mol. The van der Waals surface area contributed by atoms with Gasteiger partial charge in [0, 0.05) is 39.3 Å². The van der Waals surface area contributed by atoms with Crippen LogP contribution < -0.4 is 5.32 Å². The van der Waals surface area contributed by atoms with Gasteiger partial charge >= 0.3 is 0 Å². The first-order valence-corrected chi connectivity index (χ1v) is 8.78. The molecule has 0 saturated carbocycles. The number of hydrogen-bond donors (Lipinski definition) is 1. The molecule has 134 valence electrons. The van der Waals surface area contributed by atoms with Gasteiger partial charge in [-0.15, -0.1) is 0 Å². The van der Waals surface area contributed by atoms with Gasteiger partial charge in [0.1, 0.15) is 0 Å². The minimum absolute atomic E-state index is 0.0328. The molecule has 6 heteroatoms. The lowest BCUT2D eigenvalue weighted by Crippen LogP contribution is -2.42. The molecule has 0 aliphatic carbocycles. The lowest BCUT2D eigenvalue weighted by atomic mass is 9.93. The number of ether oxygens (including phenoxy) is 1. The highest BCUT2D eigenvalue weighted by molar-refractivity contribution is 5.81. The maximum atomic E-state index is 12.4. The molecule has 2 aliphatic heterocycles. The molecule has 0 spiro atoms. The predicted molar refractivity (Wildman–Crippen MR) is 95.6 cm³/mol. The van der Waals surface area contributed by atoms with Crippen LogP contribution in [-0.2, 0) is 14.3 Å². The van der Waals surface area contributed by atoms with E-state index in [0.29, 0.717) is 6.54 Å². The van der Waals surface area contributed by atoms with Crippen molar-refractivity contribution in [3.05, 3.63) is 41.6 Å². The molecule has 25 heavy (non-hydrogen) atoms. The van der Waals surface area contributed by atoms with Gasteiger partial charge in [-0.25, -0.2) is 0 Å². The molecule has 2 amide bonds. The lowest BCUT2D eigenvalue weighted by molar-refractivity contribution is -0.129. The van der Waals surface area contributed by atoms with Crippen LogP contribution in [0.15, 0.2) is 30.5 Å². The number of carbonyl (C=O) groups is 2. The summed E-state index contributed by atoms with van der Waals surface area (Å²) in [4.78, 5) is 28.3. The molecule has 6 nitrogen and oxygen atoms in total. The van der Waals surface area contributed by atoms with E-state index in [1.165, 1.54) is 6.92 Å². The van der Waals surface area contributed by atoms with E-state index in [1.54, 1.807) is 11.1 Å². The van der Waals surface area contributed by atoms with Crippen molar-refractivity contribution in [1.29, 1.82) is 0 Å². The van der Waals surface area contributed by atoms with Gasteiger partial charge in [0.2, 0.25) is 11.8 Å². The van der Waals surface area contributed by atoms with Crippen molar-refractivity contribution in [1.82, 2.24) is 15.1 Å². The highest BCUT2D eigenvalue weighted by Gasteiger charge is 2.28. The van der Waals surface area contributed by atoms with Crippen LogP contribution in [0, 0.1) is 0 Å². The maximum Gasteiger partial charge on any atom is 0.223 e. The second kappa shape index (κ2) is 8.27. The Morgan fingerprint density at radius 1 is 1.24 bits per heavy atom. The molecule has 1 fully saturated rings. The Labute approximate surface area is 148 Å². The fourth-order valence-electron chi connectivity index (χ4n) is 3.34. The molecule has 2 aliphatic rings. The SMILES string of the molecule is CC(=O)N1C=Cc2ccccc2[C@H]1CC(=O)NCCN1CCOCC1. The third kappa shape index (κ3) is 4.46. The zero-order valence-electron chi connectivity index (χ0n) is 14.6. The highest BCUT2D eigenvalue weighted by Crippen LogP contribution is 2.32. The predicted octanol–water partition coefficient (Wildman–Crippen LogP) is 1.40. The minimum Gasteiger partial charge on any atom is -0.379 e. The average Bonchev–Trinajstić information content (AvgIpc) is 2.62. The van der Waals surface area contributed by atoms with E-state index in [1.807, 2.05) is 30.3 Å². The molecule has 3 rings (SSSR count). The van der Waals surface area contributed by atoms with Gasteiger partial charge in [0.15, 0.2) is 0 Å². The van der Waals surface area contributed by atoms with Gasteiger partial charge in [-0.1, -0.05) is 24.3 Å². The maximum absolute atomic E-state index is 12.4. The smallest absolute Gasteiger partial charge is 0.223 e. The molecular formula is C19H25N3O3. The first-order chi connectivity index (χ1) is 12.1. The Bertz CT molecular complexity index is 653. The Balaban J connectivity index is 1.58. The minimum atomic E-state index is -0.248. The second-order valence-corrected chi connectivity index (χ2v) is 6.39.